The van der Waals surface area contributed by atoms with E-state index in [-0.39, 0.29) is 5.97 Å². The van der Waals surface area contributed by atoms with E-state index in [1.54, 1.807) is 48.5 Å². The van der Waals surface area contributed by atoms with Crippen LogP contribution in [0.1, 0.15) is 61.4 Å². The molecule has 0 aliphatic carbocycles. The van der Waals surface area contributed by atoms with Crippen molar-refractivity contribution in [2.75, 3.05) is 0 Å². The molecule has 0 unspecified atom stereocenters. The summed E-state index contributed by atoms with van der Waals surface area (Å²) in [6.45, 7) is 2.15. The molecule has 0 saturated carbocycles. The lowest BCUT2D eigenvalue weighted by Gasteiger charge is -2.07. The van der Waals surface area contributed by atoms with Crippen molar-refractivity contribution < 1.29 is 19.1 Å². The van der Waals surface area contributed by atoms with Crippen LogP contribution in [0.5, 0.6) is 11.5 Å². The van der Waals surface area contributed by atoms with E-state index in [1.807, 2.05) is 6.07 Å². The van der Waals surface area contributed by atoms with E-state index in [9.17, 15) is 9.59 Å². The fourth-order valence-electron chi connectivity index (χ4n) is 2.48. The zero-order valence-corrected chi connectivity index (χ0v) is 15.4. The van der Waals surface area contributed by atoms with Crippen LogP contribution < -0.4 is 9.47 Å². The zero-order chi connectivity index (χ0) is 19.5. The van der Waals surface area contributed by atoms with Crippen molar-refractivity contribution in [2.24, 2.45) is 0 Å². The number of ether oxygens (including phenoxy) is 2. The third-order valence-electron chi connectivity index (χ3n) is 4.00. The molecular weight excluding hydrogens is 342 g/mol. The zero-order valence-electron chi connectivity index (χ0n) is 15.4. The number of esters is 2. The number of unbranched alkanes of at least 4 members (excludes halogenated alkanes) is 4. The molecular formula is C22H23NO4. The Morgan fingerprint density at radius 2 is 1.44 bits per heavy atom. The number of carbonyl (C=O) groups is 2. The summed E-state index contributed by atoms with van der Waals surface area (Å²) in [5, 5.41) is 8.77. The second-order valence-electron chi connectivity index (χ2n) is 6.19. The number of carbonyl (C=O) groups excluding carboxylic acids is 2. The van der Waals surface area contributed by atoms with Crippen molar-refractivity contribution in [3.63, 3.8) is 0 Å². The molecule has 0 saturated heterocycles. The monoisotopic (exact) mass is 365 g/mol. The summed E-state index contributed by atoms with van der Waals surface area (Å²) < 4.78 is 10.5. The van der Waals surface area contributed by atoms with Gasteiger partial charge >= 0.3 is 11.9 Å². The first kappa shape index (κ1) is 20.2. The molecule has 2 aromatic rings. The summed E-state index contributed by atoms with van der Waals surface area (Å²) >= 11 is 0. The lowest BCUT2D eigenvalue weighted by atomic mass is 10.1. The van der Waals surface area contributed by atoms with Gasteiger partial charge in [-0.3, -0.25) is 4.79 Å². The Labute approximate surface area is 159 Å². The minimum atomic E-state index is -0.520. The largest absolute Gasteiger partial charge is 0.427 e. The molecule has 2 aromatic carbocycles. The third-order valence-corrected chi connectivity index (χ3v) is 4.00. The van der Waals surface area contributed by atoms with Crippen LogP contribution in [-0.4, -0.2) is 11.9 Å². The van der Waals surface area contributed by atoms with Gasteiger partial charge in [0.2, 0.25) is 0 Å². The maximum absolute atomic E-state index is 12.1. The highest BCUT2D eigenvalue weighted by Crippen LogP contribution is 2.17. The van der Waals surface area contributed by atoms with Crippen molar-refractivity contribution in [1.29, 1.82) is 5.26 Å². The van der Waals surface area contributed by atoms with E-state index in [0.29, 0.717) is 29.0 Å². The van der Waals surface area contributed by atoms with Crippen LogP contribution in [0.2, 0.25) is 0 Å². The summed E-state index contributed by atoms with van der Waals surface area (Å²) in [6.07, 6.45) is 5.75. The van der Waals surface area contributed by atoms with E-state index in [0.717, 1.165) is 19.3 Å². The molecule has 0 bridgehead atoms. The summed E-state index contributed by atoms with van der Waals surface area (Å²) in [6, 6.07) is 14.5. The van der Waals surface area contributed by atoms with Crippen molar-refractivity contribution in [3.05, 3.63) is 59.7 Å². The Kier molecular flexibility index (Phi) is 8.05. The number of nitrogens with zero attached hydrogens (tertiary/aromatic N) is 1. The topological polar surface area (TPSA) is 76.4 Å². The van der Waals surface area contributed by atoms with Crippen molar-refractivity contribution in [2.45, 2.75) is 45.4 Å². The first-order chi connectivity index (χ1) is 13.1. The first-order valence-corrected chi connectivity index (χ1v) is 9.15. The molecule has 0 fully saturated rings. The third kappa shape index (κ3) is 6.95. The quantitative estimate of drug-likeness (QED) is 0.353. The van der Waals surface area contributed by atoms with E-state index in [4.69, 9.17) is 14.7 Å². The molecule has 0 heterocycles. The number of nitriles is 1. The standard InChI is InChI=1S/C22H23NO4/c1-2-3-4-5-6-7-21(24)26-19-14-10-18(11-15-19)22(25)27-20-12-8-17(16-23)9-13-20/h8-15H,2-7H2,1H3. The Hall–Kier alpha value is -3.13. The van der Waals surface area contributed by atoms with Gasteiger partial charge in [-0.1, -0.05) is 32.6 Å². The lowest BCUT2D eigenvalue weighted by molar-refractivity contribution is -0.134. The normalized spacial score (nSPS) is 10.1. The smallest absolute Gasteiger partial charge is 0.343 e. The number of hydrogen-bond acceptors (Lipinski definition) is 5. The Balaban J connectivity index is 1.82. The number of rotatable bonds is 9. The lowest BCUT2D eigenvalue weighted by Crippen LogP contribution is -2.10. The minimum Gasteiger partial charge on any atom is -0.427 e. The van der Waals surface area contributed by atoms with Crippen LogP contribution >= 0.6 is 0 Å². The van der Waals surface area contributed by atoms with Gasteiger partial charge in [0.15, 0.2) is 0 Å². The average Bonchev–Trinajstić information content (AvgIpc) is 2.69. The van der Waals surface area contributed by atoms with Crippen LogP contribution in [0.15, 0.2) is 48.5 Å². The van der Waals surface area contributed by atoms with Crippen LogP contribution in [0, 0.1) is 11.3 Å². The van der Waals surface area contributed by atoms with Gasteiger partial charge in [0.1, 0.15) is 11.5 Å². The van der Waals surface area contributed by atoms with Crippen LogP contribution in [0.25, 0.3) is 0 Å². The van der Waals surface area contributed by atoms with Crippen LogP contribution in [0.3, 0.4) is 0 Å². The summed E-state index contributed by atoms with van der Waals surface area (Å²) in [7, 11) is 0. The molecule has 27 heavy (non-hydrogen) atoms. The fraction of sp³-hybridized carbons (Fsp3) is 0.318. The average molecular weight is 365 g/mol. The van der Waals surface area contributed by atoms with Crippen molar-refractivity contribution >= 4 is 11.9 Å². The second kappa shape index (κ2) is 10.8. The molecule has 0 spiro atoms. The maximum atomic E-state index is 12.1. The predicted molar refractivity (Wildman–Crippen MR) is 102 cm³/mol. The Bertz CT molecular complexity index is 789. The van der Waals surface area contributed by atoms with Gasteiger partial charge < -0.3 is 9.47 Å². The molecule has 0 amide bonds. The van der Waals surface area contributed by atoms with Gasteiger partial charge in [-0.25, -0.2) is 4.79 Å². The van der Waals surface area contributed by atoms with Gasteiger partial charge in [-0.2, -0.15) is 5.26 Å². The fourth-order valence-corrected chi connectivity index (χ4v) is 2.48. The van der Waals surface area contributed by atoms with Crippen LogP contribution in [0.4, 0.5) is 0 Å². The SMILES string of the molecule is CCCCCCCC(=O)Oc1ccc(C(=O)Oc2ccc(C#N)cc2)cc1. The molecule has 5 heteroatoms. The maximum Gasteiger partial charge on any atom is 0.343 e. The van der Waals surface area contributed by atoms with Gasteiger partial charge in [0.05, 0.1) is 17.2 Å². The molecule has 140 valence electrons. The Morgan fingerprint density at radius 1 is 0.852 bits per heavy atom. The summed E-state index contributed by atoms with van der Waals surface area (Å²) in [4.78, 5) is 24.0. The summed E-state index contributed by atoms with van der Waals surface area (Å²) in [5.41, 5.74) is 0.838. The second-order valence-corrected chi connectivity index (χ2v) is 6.19. The van der Waals surface area contributed by atoms with Gasteiger partial charge in [0, 0.05) is 6.42 Å². The van der Waals surface area contributed by atoms with Gasteiger partial charge in [-0.05, 0) is 55.0 Å². The summed E-state index contributed by atoms with van der Waals surface area (Å²) in [5.74, 6) is -0.0195. The molecule has 0 atom stereocenters. The van der Waals surface area contributed by atoms with Crippen LogP contribution in [-0.2, 0) is 4.79 Å². The molecule has 0 radical (unpaired) electrons. The Morgan fingerprint density at radius 3 is 2.07 bits per heavy atom. The molecule has 0 aliphatic rings. The minimum absolute atomic E-state index is 0.264. The number of benzene rings is 2. The van der Waals surface area contributed by atoms with Crippen molar-refractivity contribution in [3.8, 4) is 17.6 Å². The first-order valence-electron chi connectivity index (χ1n) is 9.15. The number of hydrogen-bond donors (Lipinski definition) is 0. The van der Waals surface area contributed by atoms with E-state index in [2.05, 4.69) is 6.92 Å². The highest BCUT2D eigenvalue weighted by atomic mass is 16.5. The molecule has 0 aromatic heterocycles. The van der Waals surface area contributed by atoms with Crippen molar-refractivity contribution in [1.82, 2.24) is 0 Å². The predicted octanol–water partition coefficient (Wildman–Crippen LogP) is 5.04. The highest BCUT2D eigenvalue weighted by Gasteiger charge is 2.10. The molecule has 0 N–H and O–H groups in total. The molecule has 0 aliphatic heterocycles. The van der Waals surface area contributed by atoms with Gasteiger partial charge in [-0.15, -0.1) is 0 Å². The van der Waals surface area contributed by atoms with E-state index >= 15 is 0 Å². The van der Waals surface area contributed by atoms with E-state index in [1.165, 1.54) is 12.8 Å². The molecule has 2 rings (SSSR count). The van der Waals surface area contributed by atoms with E-state index < -0.39 is 5.97 Å². The van der Waals surface area contributed by atoms with Gasteiger partial charge in [0.25, 0.3) is 0 Å². The molecule has 5 nitrogen and oxygen atoms in total. The highest BCUT2D eigenvalue weighted by molar-refractivity contribution is 5.91.